The van der Waals surface area contributed by atoms with Crippen LogP contribution in [0, 0.1) is 0 Å². The second-order valence-corrected chi connectivity index (χ2v) is 25.1. The summed E-state index contributed by atoms with van der Waals surface area (Å²) < 4.78 is 39.8. The number of ether oxygens (including phenoxy) is 3. The fourth-order valence-electron chi connectivity index (χ4n) is 10.1. The number of phosphoric ester groups is 1. The number of carbonyl (C=O) groups is 3. The molecule has 0 aliphatic carbocycles. The molecule has 11 nitrogen and oxygen atoms in total. The minimum absolute atomic E-state index is 0.163. The average Bonchev–Trinajstić information content (AvgIpc) is 3.55. The summed E-state index contributed by atoms with van der Waals surface area (Å²) in [4.78, 5) is 48.9. The van der Waals surface area contributed by atoms with Crippen LogP contribution < -0.4 is 0 Å². The molecular weight excluding hydrogens is 1070 g/mol. The smallest absolute Gasteiger partial charge is 0.462 e. The van der Waals surface area contributed by atoms with E-state index in [4.69, 9.17) is 23.3 Å². The summed E-state index contributed by atoms with van der Waals surface area (Å²) in [6.45, 7) is 4.59. The minimum Gasteiger partial charge on any atom is -0.462 e. The first-order valence-electron chi connectivity index (χ1n) is 35.2. The molecule has 490 valence electrons. The van der Waals surface area contributed by atoms with Crippen molar-refractivity contribution in [2.75, 3.05) is 26.4 Å². The molecule has 3 unspecified atom stereocenters. The lowest BCUT2D eigenvalue weighted by Crippen LogP contribution is -2.30. The standard InChI is InChI=1S/C72H131O11P/c1-4-7-10-13-16-19-22-25-28-31-34-37-40-43-46-49-52-55-58-61-70(74)79-65-69(83-72(76)63-60-57-54-51-48-45-42-39-36-33-30-27-24-21-18-15-12-9-6-3)67-81-84(77,78)80-66-68(64-73)82-71(75)62-59-56-53-50-47-44-41-38-35-32-29-26-23-20-17-14-11-8-5-2/h7,10,16,19,25,27-28,30,34,37,68-69,73H,4-6,8-9,11-15,17-18,20-24,26,29,31-33,35-36,38-67H2,1-3H3,(H,77,78)/b10-7-,19-16-,28-25-,30-27-,37-34-. The Morgan fingerprint density at radius 3 is 0.964 bits per heavy atom. The SMILES string of the molecule is CC/C=C\C/C=C\C/C=C\C/C=C\CCCCCCCCC(=O)OCC(COP(=O)(O)OCC(CO)OC(=O)CCCCCCCCCCCCCCCCCCCCC)OC(=O)CCCCCCCCCCC/C=C\CCCCCCCC. The lowest BCUT2D eigenvalue weighted by Gasteiger charge is -2.21. The molecular formula is C72H131O11P. The van der Waals surface area contributed by atoms with Crippen molar-refractivity contribution in [3.63, 3.8) is 0 Å². The van der Waals surface area contributed by atoms with Crippen LogP contribution in [0.4, 0.5) is 0 Å². The van der Waals surface area contributed by atoms with Gasteiger partial charge in [0.2, 0.25) is 0 Å². The van der Waals surface area contributed by atoms with Gasteiger partial charge in [-0.1, -0.05) is 300 Å². The predicted molar refractivity (Wildman–Crippen MR) is 353 cm³/mol. The van der Waals surface area contributed by atoms with Gasteiger partial charge < -0.3 is 24.2 Å². The van der Waals surface area contributed by atoms with Gasteiger partial charge in [0, 0.05) is 19.3 Å². The first-order valence-corrected chi connectivity index (χ1v) is 36.7. The minimum atomic E-state index is -4.76. The van der Waals surface area contributed by atoms with E-state index in [0.717, 1.165) is 103 Å². The molecule has 0 aromatic rings. The van der Waals surface area contributed by atoms with Crippen molar-refractivity contribution in [2.24, 2.45) is 0 Å². The maximum atomic E-state index is 13.0. The number of aliphatic hydroxyl groups is 1. The Morgan fingerprint density at radius 2 is 0.619 bits per heavy atom. The van der Waals surface area contributed by atoms with Gasteiger partial charge in [0.05, 0.1) is 19.8 Å². The van der Waals surface area contributed by atoms with Crippen molar-refractivity contribution in [1.29, 1.82) is 0 Å². The Bertz CT molecular complexity index is 1640. The topological polar surface area (TPSA) is 155 Å². The Morgan fingerprint density at radius 1 is 0.345 bits per heavy atom. The number of unbranched alkanes of at least 4 members (excludes halogenated alkanes) is 39. The number of hydrogen-bond acceptors (Lipinski definition) is 10. The maximum Gasteiger partial charge on any atom is 0.472 e. The summed E-state index contributed by atoms with van der Waals surface area (Å²) in [5, 5.41) is 9.89. The second kappa shape index (κ2) is 66.1. The zero-order valence-electron chi connectivity index (χ0n) is 54.6. The van der Waals surface area contributed by atoms with Crippen molar-refractivity contribution < 1.29 is 52.2 Å². The van der Waals surface area contributed by atoms with Crippen LogP contribution >= 0.6 is 7.82 Å². The molecule has 0 amide bonds. The number of allylic oxidation sites excluding steroid dienone is 10. The fraction of sp³-hybridized carbons (Fsp3) is 0.819. The van der Waals surface area contributed by atoms with Crippen molar-refractivity contribution in [3.8, 4) is 0 Å². The number of esters is 3. The molecule has 0 aliphatic heterocycles. The van der Waals surface area contributed by atoms with Crippen molar-refractivity contribution in [2.45, 2.75) is 354 Å². The van der Waals surface area contributed by atoms with E-state index in [1.165, 1.54) is 180 Å². The zero-order valence-corrected chi connectivity index (χ0v) is 55.5. The van der Waals surface area contributed by atoms with Gasteiger partial charge in [-0.2, -0.15) is 0 Å². The Balaban J connectivity index is 4.66. The van der Waals surface area contributed by atoms with Crippen molar-refractivity contribution in [1.82, 2.24) is 0 Å². The van der Waals surface area contributed by atoms with Gasteiger partial charge in [0.15, 0.2) is 6.10 Å². The Hall–Kier alpha value is -2.82. The normalized spacial score (nSPS) is 13.5. The van der Waals surface area contributed by atoms with Crippen LogP contribution in [0.3, 0.4) is 0 Å². The number of carbonyl (C=O) groups excluding carboxylic acids is 3. The van der Waals surface area contributed by atoms with Crippen molar-refractivity contribution in [3.05, 3.63) is 60.8 Å². The van der Waals surface area contributed by atoms with Crippen LogP contribution in [-0.4, -0.2) is 66.5 Å². The fourth-order valence-corrected chi connectivity index (χ4v) is 10.9. The number of rotatable bonds is 66. The molecule has 0 rings (SSSR count). The highest BCUT2D eigenvalue weighted by atomic mass is 31.2. The maximum absolute atomic E-state index is 13.0. The molecule has 0 saturated heterocycles. The molecule has 0 heterocycles. The van der Waals surface area contributed by atoms with Gasteiger partial charge in [-0.05, 0) is 83.5 Å². The van der Waals surface area contributed by atoms with Gasteiger partial charge in [0.25, 0.3) is 0 Å². The molecule has 0 fully saturated rings. The lowest BCUT2D eigenvalue weighted by molar-refractivity contribution is -0.161. The first-order chi connectivity index (χ1) is 41.2. The van der Waals surface area contributed by atoms with Crippen molar-refractivity contribution >= 4 is 25.7 Å². The quantitative estimate of drug-likeness (QED) is 0.0197. The molecule has 12 heteroatoms. The highest BCUT2D eigenvalue weighted by Gasteiger charge is 2.28. The molecule has 0 spiro atoms. The van der Waals surface area contributed by atoms with E-state index in [1.807, 2.05) is 0 Å². The molecule has 0 aliphatic rings. The van der Waals surface area contributed by atoms with E-state index >= 15 is 0 Å². The zero-order chi connectivity index (χ0) is 61.2. The van der Waals surface area contributed by atoms with E-state index < -0.39 is 57.8 Å². The van der Waals surface area contributed by atoms with Gasteiger partial charge in [-0.25, -0.2) is 4.57 Å². The lowest BCUT2D eigenvalue weighted by atomic mass is 10.0. The summed E-state index contributed by atoms with van der Waals surface area (Å²) in [5.41, 5.74) is 0. The Kier molecular flexibility index (Phi) is 63.9. The van der Waals surface area contributed by atoms with Crippen LogP contribution in [0.2, 0.25) is 0 Å². The average molecular weight is 1200 g/mol. The molecule has 0 saturated carbocycles. The van der Waals surface area contributed by atoms with E-state index in [1.54, 1.807) is 0 Å². The van der Waals surface area contributed by atoms with Crippen LogP contribution in [0.5, 0.6) is 0 Å². The molecule has 2 N–H and O–H groups in total. The van der Waals surface area contributed by atoms with Crippen LogP contribution in [0.1, 0.15) is 342 Å². The summed E-state index contributed by atoms with van der Waals surface area (Å²) in [7, 11) is -4.76. The van der Waals surface area contributed by atoms with Gasteiger partial charge in [-0.15, -0.1) is 0 Å². The molecule has 0 aromatic heterocycles. The summed E-state index contributed by atoms with van der Waals surface area (Å²) in [6, 6.07) is 0. The molecule has 0 radical (unpaired) electrons. The third-order valence-corrected chi connectivity index (χ3v) is 16.4. The van der Waals surface area contributed by atoms with Crippen LogP contribution in [-0.2, 0) is 42.2 Å². The predicted octanol–water partition coefficient (Wildman–Crippen LogP) is 21.8. The second-order valence-electron chi connectivity index (χ2n) is 23.7. The highest BCUT2D eigenvalue weighted by Crippen LogP contribution is 2.43. The number of hydrogen-bond donors (Lipinski definition) is 2. The molecule has 84 heavy (non-hydrogen) atoms. The third kappa shape index (κ3) is 63.7. The molecule has 0 bridgehead atoms. The molecule has 3 atom stereocenters. The molecule has 0 aromatic carbocycles. The highest BCUT2D eigenvalue weighted by molar-refractivity contribution is 7.47. The Labute approximate surface area is 516 Å². The third-order valence-electron chi connectivity index (χ3n) is 15.4. The number of phosphoric acid groups is 1. The van der Waals surface area contributed by atoms with Crippen LogP contribution in [0.25, 0.3) is 0 Å². The van der Waals surface area contributed by atoms with E-state index in [2.05, 4.69) is 81.5 Å². The van der Waals surface area contributed by atoms with Gasteiger partial charge in [-0.3, -0.25) is 23.4 Å². The van der Waals surface area contributed by atoms with Gasteiger partial charge in [0.1, 0.15) is 12.7 Å². The number of aliphatic hydroxyl groups excluding tert-OH is 1. The summed E-state index contributed by atoms with van der Waals surface area (Å²) in [6.07, 6.45) is 76.0. The van der Waals surface area contributed by atoms with Gasteiger partial charge >= 0.3 is 25.7 Å². The monoisotopic (exact) mass is 1200 g/mol. The van der Waals surface area contributed by atoms with E-state index in [-0.39, 0.29) is 25.9 Å². The first kappa shape index (κ1) is 81.2. The summed E-state index contributed by atoms with van der Waals surface area (Å²) in [5.74, 6) is -1.46. The summed E-state index contributed by atoms with van der Waals surface area (Å²) >= 11 is 0. The van der Waals surface area contributed by atoms with Crippen LogP contribution in [0.15, 0.2) is 60.8 Å². The van der Waals surface area contributed by atoms with E-state index in [9.17, 15) is 28.9 Å². The van der Waals surface area contributed by atoms with E-state index in [0.29, 0.717) is 19.3 Å². The largest absolute Gasteiger partial charge is 0.472 e.